The lowest BCUT2D eigenvalue weighted by Crippen LogP contribution is -2.13. The standard InChI is InChI=1S/C16H23N3O/c1-20-14-11-7-10-13-15(14)18-16(17)19(13)12-8-5-3-2-4-6-9-12/h7,10-12H,2-6,8-9H2,1H3,(H2,17,18). The molecule has 0 atom stereocenters. The lowest BCUT2D eigenvalue weighted by Gasteiger charge is -2.22. The monoisotopic (exact) mass is 273 g/mol. The molecule has 1 aromatic carbocycles. The van der Waals surface area contributed by atoms with Gasteiger partial charge in [0.1, 0.15) is 11.3 Å². The van der Waals surface area contributed by atoms with E-state index in [0.29, 0.717) is 12.0 Å². The number of methoxy groups -OCH3 is 1. The van der Waals surface area contributed by atoms with E-state index in [2.05, 4.69) is 15.6 Å². The van der Waals surface area contributed by atoms with Gasteiger partial charge in [0.25, 0.3) is 0 Å². The number of nitrogens with two attached hydrogens (primary N) is 1. The Balaban J connectivity index is 2.03. The maximum absolute atomic E-state index is 6.19. The highest BCUT2D eigenvalue weighted by atomic mass is 16.5. The van der Waals surface area contributed by atoms with Crippen molar-refractivity contribution in [1.29, 1.82) is 0 Å². The molecular weight excluding hydrogens is 250 g/mol. The molecule has 0 unspecified atom stereocenters. The van der Waals surface area contributed by atoms with Gasteiger partial charge in [0.05, 0.1) is 12.6 Å². The van der Waals surface area contributed by atoms with Gasteiger partial charge in [-0.3, -0.25) is 0 Å². The minimum Gasteiger partial charge on any atom is -0.494 e. The van der Waals surface area contributed by atoms with Crippen molar-refractivity contribution >= 4 is 17.0 Å². The van der Waals surface area contributed by atoms with E-state index < -0.39 is 0 Å². The fraction of sp³-hybridized carbons (Fsp3) is 0.562. The predicted octanol–water partition coefficient (Wildman–Crippen LogP) is 3.91. The first kappa shape index (κ1) is 13.3. The molecule has 1 aromatic heterocycles. The number of anilines is 1. The number of nitrogen functional groups attached to an aromatic ring is 1. The fourth-order valence-electron chi connectivity index (χ4n) is 3.35. The highest BCUT2D eigenvalue weighted by Gasteiger charge is 2.20. The van der Waals surface area contributed by atoms with E-state index in [9.17, 15) is 0 Å². The van der Waals surface area contributed by atoms with Crippen molar-refractivity contribution in [2.45, 2.75) is 51.0 Å². The molecule has 1 fully saturated rings. The average molecular weight is 273 g/mol. The molecule has 0 radical (unpaired) electrons. The summed E-state index contributed by atoms with van der Waals surface area (Å²) < 4.78 is 7.62. The highest BCUT2D eigenvalue weighted by molar-refractivity contribution is 5.84. The summed E-state index contributed by atoms with van der Waals surface area (Å²) in [5.41, 5.74) is 8.18. The second kappa shape index (κ2) is 5.73. The summed E-state index contributed by atoms with van der Waals surface area (Å²) in [6.07, 6.45) is 9.03. The van der Waals surface area contributed by atoms with E-state index >= 15 is 0 Å². The van der Waals surface area contributed by atoms with Crippen LogP contribution in [-0.2, 0) is 0 Å². The van der Waals surface area contributed by atoms with Crippen LogP contribution in [0, 0.1) is 0 Å². The number of para-hydroxylation sites is 1. The zero-order valence-corrected chi connectivity index (χ0v) is 12.1. The summed E-state index contributed by atoms with van der Waals surface area (Å²) in [7, 11) is 1.68. The third-order valence-corrected chi connectivity index (χ3v) is 4.37. The molecule has 2 N–H and O–H groups in total. The molecule has 0 aliphatic heterocycles. The number of fused-ring (bicyclic) bond motifs is 1. The van der Waals surface area contributed by atoms with Crippen LogP contribution in [0.25, 0.3) is 11.0 Å². The van der Waals surface area contributed by atoms with Gasteiger partial charge < -0.3 is 15.0 Å². The van der Waals surface area contributed by atoms with Gasteiger partial charge in [-0.25, -0.2) is 4.98 Å². The molecule has 0 amide bonds. The van der Waals surface area contributed by atoms with E-state index in [1.807, 2.05) is 12.1 Å². The second-order valence-electron chi connectivity index (χ2n) is 5.67. The van der Waals surface area contributed by atoms with Crippen molar-refractivity contribution in [2.75, 3.05) is 12.8 Å². The smallest absolute Gasteiger partial charge is 0.201 e. The van der Waals surface area contributed by atoms with Crippen molar-refractivity contribution in [3.8, 4) is 5.75 Å². The number of rotatable bonds is 2. The fourth-order valence-corrected chi connectivity index (χ4v) is 3.35. The molecule has 108 valence electrons. The van der Waals surface area contributed by atoms with Crippen LogP contribution in [0.2, 0.25) is 0 Å². The minimum atomic E-state index is 0.479. The van der Waals surface area contributed by atoms with E-state index in [0.717, 1.165) is 16.8 Å². The van der Waals surface area contributed by atoms with Crippen LogP contribution in [0.1, 0.15) is 51.0 Å². The Labute approximate surface area is 119 Å². The molecule has 1 aliphatic carbocycles. The SMILES string of the molecule is COc1cccc2c1nc(N)n2C1CCCCCCC1. The van der Waals surface area contributed by atoms with Crippen molar-refractivity contribution in [3.63, 3.8) is 0 Å². The molecule has 1 aliphatic rings. The van der Waals surface area contributed by atoms with Crippen LogP contribution in [-0.4, -0.2) is 16.7 Å². The van der Waals surface area contributed by atoms with Crippen molar-refractivity contribution in [1.82, 2.24) is 9.55 Å². The molecule has 2 aromatic rings. The molecule has 0 saturated heterocycles. The summed E-state index contributed by atoms with van der Waals surface area (Å²) in [5.74, 6) is 1.42. The largest absolute Gasteiger partial charge is 0.494 e. The van der Waals surface area contributed by atoms with Crippen LogP contribution in [0.3, 0.4) is 0 Å². The predicted molar refractivity (Wildman–Crippen MR) is 82.1 cm³/mol. The van der Waals surface area contributed by atoms with Gasteiger partial charge in [-0.15, -0.1) is 0 Å². The Morgan fingerprint density at radius 3 is 2.55 bits per heavy atom. The number of aromatic nitrogens is 2. The molecule has 4 heteroatoms. The average Bonchev–Trinajstić information content (AvgIpc) is 2.75. The number of hydrogen-bond donors (Lipinski definition) is 1. The van der Waals surface area contributed by atoms with Crippen molar-refractivity contribution in [3.05, 3.63) is 18.2 Å². The zero-order chi connectivity index (χ0) is 13.9. The molecule has 3 rings (SSSR count). The van der Waals surface area contributed by atoms with Gasteiger partial charge >= 0.3 is 0 Å². The molecule has 20 heavy (non-hydrogen) atoms. The number of nitrogens with zero attached hydrogens (tertiary/aromatic N) is 2. The summed E-state index contributed by atoms with van der Waals surface area (Å²) in [5, 5.41) is 0. The van der Waals surface area contributed by atoms with E-state index in [-0.39, 0.29) is 0 Å². The number of ether oxygens (including phenoxy) is 1. The Kier molecular flexibility index (Phi) is 3.81. The van der Waals surface area contributed by atoms with E-state index in [1.54, 1.807) is 7.11 Å². The number of hydrogen-bond acceptors (Lipinski definition) is 3. The lowest BCUT2D eigenvalue weighted by atomic mass is 9.96. The molecular formula is C16H23N3O. The summed E-state index contributed by atoms with van der Waals surface area (Å²) >= 11 is 0. The highest BCUT2D eigenvalue weighted by Crippen LogP contribution is 2.34. The van der Waals surface area contributed by atoms with Crippen LogP contribution in [0.5, 0.6) is 5.75 Å². The minimum absolute atomic E-state index is 0.479. The lowest BCUT2D eigenvalue weighted by molar-refractivity contribution is 0.381. The summed E-state index contributed by atoms with van der Waals surface area (Å²) in [6.45, 7) is 0. The topological polar surface area (TPSA) is 53.1 Å². The van der Waals surface area contributed by atoms with Gasteiger partial charge in [0, 0.05) is 6.04 Å². The third kappa shape index (κ3) is 2.35. The molecule has 0 bridgehead atoms. The first-order valence-corrected chi connectivity index (χ1v) is 7.61. The maximum atomic E-state index is 6.19. The van der Waals surface area contributed by atoms with Gasteiger partial charge in [-0.2, -0.15) is 0 Å². The van der Waals surface area contributed by atoms with Crippen LogP contribution in [0.15, 0.2) is 18.2 Å². The zero-order valence-electron chi connectivity index (χ0n) is 12.1. The van der Waals surface area contributed by atoms with E-state index in [4.69, 9.17) is 10.5 Å². The van der Waals surface area contributed by atoms with Crippen LogP contribution in [0.4, 0.5) is 5.95 Å². The quantitative estimate of drug-likeness (QED) is 0.902. The summed E-state index contributed by atoms with van der Waals surface area (Å²) in [4.78, 5) is 4.53. The van der Waals surface area contributed by atoms with Gasteiger partial charge in [0.2, 0.25) is 5.95 Å². The van der Waals surface area contributed by atoms with Gasteiger partial charge in [-0.05, 0) is 25.0 Å². The number of imidazole rings is 1. The second-order valence-corrected chi connectivity index (χ2v) is 5.67. The van der Waals surface area contributed by atoms with Crippen LogP contribution < -0.4 is 10.5 Å². The number of benzene rings is 1. The van der Waals surface area contributed by atoms with Crippen LogP contribution >= 0.6 is 0 Å². The maximum Gasteiger partial charge on any atom is 0.201 e. The molecule has 4 nitrogen and oxygen atoms in total. The van der Waals surface area contributed by atoms with Crippen molar-refractivity contribution < 1.29 is 4.74 Å². The molecule has 0 spiro atoms. The molecule has 1 saturated carbocycles. The normalized spacial score (nSPS) is 17.9. The Morgan fingerprint density at radius 1 is 1.15 bits per heavy atom. The third-order valence-electron chi connectivity index (χ3n) is 4.37. The Morgan fingerprint density at radius 2 is 1.85 bits per heavy atom. The first-order chi connectivity index (χ1) is 9.81. The Hall–Kier alpha value is -1.71. The first-order valence-electron chi connectivity index (χ1n) is 7.61. The van der Waals surface area contributed by atoms with E-state index in [1.165, 1.54) is 44.9 Å². The Bertz CT molecular complexity index is 583. The van der Waals surface area contributed by atoms with Gasteiger partial charge in [-0.1, -0.05) is 38.2 Å². The van der Waals surface area contributed by atoms with Gasteiger partial charge in [0.15, 0.2) is 0 Å². The molecule has 1 heterocycles. The summed E-state index contributed by atoms with van der Waals surface area (Å²) in [6, 6.07) is 6.53. The van der Waals surface area contributed by atoms with Crippen molar-refractivity contribution in [2.24, 2.45) is 0 Å².